The number of hydrogen-bond donors (Lipinski definition) is 1. The van der Waals surface area contributed by atoms with Crippen LogP contribution in [0.25, 0.3) is 0 Å². The zero-order valence-corrected chi connectivity index (χ0v) is 16.3. The minimum absolute atomic E-state index is 0.0939. The first-order chi connectivity index (χ1) is 11.9. The van der Waals surface area contributed by atoms with E-state index in [9.17, 15) is 4.79 Å². The number of likely N-dealkylation sites (N-methyl/N-ethyl adjacent to an activating group) is 1. The van der Waals surface area contributed by atoms with Gasteiger partial charge in [-0.2, -0.15) is 5.10 Å². The highest BCUT2D eigenvalue weighted by atomic mass is 32.1. The molecule has 1 fully saturated rings. The molecular formula is C18H27N5OS. The Hall–Kier alpha value is -1.73. The standard InChI is InChI=1S/C18H27N5OS/c1-5-22-9-8-19-17(24)14(22)12-16-20-15(11-13-7-6-10-25-13)21-23(16)18(2,3)4/h6-7,10,14H,5,8-9,11-12H2,1-4H3,(H,19,24). The van der Waals surface area contributed by atoms with Gasteiger partial charge in [-0.05, 0) is 38.8 Å². The monoisotopic (exact) mass is 361 g/mol. The van der Waals surface area contributed by atoms with Crippen LogP contribution in [0.15, 0.2) is 17.5 Å². The average molecular weight is 362 g/mol. The third-order valence-electron chi connectivity index (χ3n) is 4.49. The molecule has 0 aromatic carbocycles. The summed E-state index contributed by atoms with van der Waals surface area (Å²) in [5.74, 6) is 1.81. The van der Waals surface area contributed by atoms with Crippen LogP contribution in [0.2, 0.25) is 0 Å². The Morgan fingerprint density at radius 1 is 1.40 bits per heavy atom. The molecule has 0 saturated carbocycles. The van der Waals surface area contributed by atoms with E-state index in [-0.39, 0.29) is 17.5 Å². The van der Waals surface area contributed by atoms with Crippen molar-refractivity contribution in [2.24, 2.45) is 0 Å². The van der Waals surface area contributed by atoms with Crippen molar-refractivity contribution in [1.82, 2.24) is 25.0 Å². The van der Waals surface area contributed by atoms with E-state index in [0.717, 1.165) is 37.7 Å². The molecule has 0 spiro atoms. The van der Waals surface area contributed by atoms with Crippen LogP contribution in [0.4, 0.5) is 0 Å². The summed E-state index contributed by atoms with van der Waals surface area (Å²) in [7, 11) is 0. The topological polar surface area (TPSA) is 63.1 Å². The van der Waals surface area contributed by atoms with Gasteiger partial charge in [0.15, 0.2) is 5.82 Å². The summed E-state index contributed by atoms with van der Waals surface area (Å²) in [6.45, 7) is 10.9. The van der Waals surface area contributed by atoms with Crippen molar-refractivity contribution in [3.05, 3.63) is 34.0 Å². The predicted octanol–water partition coefficient (Wildman–Crippen LogP) is 2.05. The normalized spacial score (nSPS) is 19.2. The highest BCUT2D eigenvalue weighted by Crippen LogP contribution is 2.20. The Balaban J connectivity index is 1.88. The Morgan fingerprint density at radius 3 is 2.84 bits per heavy atom. The highest BCUT2D eigenvalue weighted by Gasteiger charge is 2.32. The average Bonchev–Trinajstić information content (AvgIpc) is 3.19. The van der Waals surface area contributed by atoms with Crippen LogP contribution < -0.4 is 5.32 Å². The molecule has 3 heterocycles. The summed E-state index contributed by atoms with van der Waals surface area (Å²) in [6.07, 6.45) is 1.33. The maximum Gasteiger partial charge on any atom is 0.237 e. The van der Waals surface area contributed by atoms with Crippen molar-refractivity contribution in [1.29, 1.82) is 0 Å². The van der Waals surface area contributed by atoms with E-state index in [1.807, 2.05) is 10.7 Å². The molecule has 6 nitrogen and oxygen atoms in total. The second-order valence-corrected chi connectivity index (χ2v) is 8.45. The molecule has 1 amide bonds. The van der Waals surface area contributed by atoms with E-state index in [1.165, 1.54) is 4.88 Å². The smallest absolute Gasteiger partial charge is 0.237 e. The van der Waals surface area contributed by atoms with Crippen LogP contribution in [-0.4, -0.2) is 51.2 Å². The van der Waals surface area contributed by atoms with Crippen molar-refractivity contribution < 1.29 is 4.79 Å². The number of amides is 1. The SMILES string of the molecule is CCN1CCNC(=O)C1Cc1nc(Cc2cccs2)nn1C(C)(C)C. The number of rotatable bonds is 5. The number of hydrogen-bond acceptors (Lipinski definition) is 5. The number of carbonyl (C=O) groups is 1. The molecule has 1 saturated heterocycles. The quantitative estimate of drug-likeness (QED) is 0.885. The van der Waals surface area contributed by atoms with Gasteiger partial charge in [0.05, 0.1) is 11.6 Å². The first-order valence-electron chi connectivity index (χ1n) is 8.88. The second kappa shape index (κ2) is 7.25. The Morgan fingerprint density at radius 2 is 2.20 bits per heavy atom. The van der Waals surface area contributed by atoms with E-state index in [4.69, 9.17) is 10.1 Å². The van der Waals surface area contributed by atoms with Gasteiger partial charge in [-0.3, -0.25) is 9.69 Å². The van der Waals surface area contributed by atoms with E-state index >= 15 is 0 Å². The van der Waals surface area contributed by atoms with Gasteiger partial charge in [-0.25, -0.2) is 9.67 Å². The summed E-state index contributed by atoms with van der Waals surface area (Å²) < 4.78 is 1.99. The van der Waals surface area contributed by atoms with Crippen molar-refractivity contribution >= 4 is 17.2 Å². The van der Waals surface area contributed by atoms with Crippen LogP contribution in [0.1, 0.15) is 44.2 Å². The first-order valence-corrected chi connectivity index (χ1v) is 9.76. The Labute approximate surface area is 153 Å². The largest absolute Gasteiger partial charge is 0.353 e. The van der Waals surface area contributed by atoms with Crippen molar-refractivity contribution in [2.45, 2.75) is 52.1 Å². The van der Waals surface area contributed by atoms with Gasteiger partial charge >= 0.3 is 0 Å². The van der Waals surface area contributed by atoms with Gasteiger partial charge in [0.2, 0.25) is 5.91 Å². The number of thiophene rings is 1. The lowest BCUT2D eigenvalue weighted by Crippen LogP contribution is -2.56. The third kappa shape index (κ3) is 4.10. The molecule has 25 heavy (non-hydrogen) atoms. The van der Waals surface area contributed by atoms with E-state index in [1.54, 1.807) is 11.3 Å². The molecule has 1 N–H and O–H groups in total. The fraction of sp³-hybridized carbons (Fsp3) is 0.611. The molecule has 3 rings (SSSR count). The second-order valence-electron chi connectivity index (χ2n) is 7.42. The number of nitrogens with zero attached hydrogens (tertiary/aromatic N) is 4. The summed E-state index contributed by atoms with van der Waals surface area (Å²) in [5, 5.41) is 9.81. The molecule has 2 aromatic heterocycles. The van der Waals surface area contributed by atoms with E-state index in [2.05, 4.69) is 49.4 Å². The molecule has 0 aliphatic carbocycles. The predicted molar refractivity (Wildman–Crippen MR) is 99.9 cm³/mol. The lowest BCUT2D eigenvalue weighted by atomic mass is 10.1. The van der Waals surface area contributed by atoms with Crippen LogP contribution in [-0.2, 0) is 23.2 Å². The third-order valence-corrected chi connectivity index (χ3v) is 5.37. The summed E-state index contributed by atoms with van der Waals surface area (Å²) in [5.41, 5.74) is -0.168. The number of aromatic nitrogens is 3. The molecule has 7 heteroatoms. The van der Waals surface area contributed by atoms with Gasteiger partial charge in [0.25, 0.3) is 0 Å². The first kappa shape index (κ1) is 18.1. The lowest BCUT2D eigenvalue weighted by molar-refractivity contribution is -0.128. The van der Waals surface area contributed by atoms with Gasteiger partial charge < -0.3 is 5.32 Å². The van der Waals surface area contributed by atoms with Gasteiger partial charge in [0, 0.05) is 30.8 Å². The fourth-order valence-corrected chi connectivity index (χ4v) is 3.94. The minimum atomic E-state index is -0.168. The lowest BCUT2D eigenvalue weighted by Gasteiger charge is -2.34. The van der Waals surface area contributed by atoms with Crippen molar-refractivity contribution in [2.75, 3.05) is 19.6 Å². The molecule has 1 unspecified atom stereocenters. The van der Waals surface area contributed by atoms with E-state index < -0.39 is 0 Å². The molecule has 1 aliphatic heterocycles. The van der Waals surface area contributed by atoms with E-state index in [0.29, 0.717) is 6.42 Å². The Kier molecular flexibility index (Phi) is 5.24. The van der Waals surface area contributed by atoms with Gasteiger partial charge in [-0.1, -0.05) is 13.0 Å². The molecule has 1 atom stereocenters. The highest BCUT2D eigenvalue weighted by molar-refractivity contribution is 7.09. The van der Waals surface area contributed by atoms with Gasteiger partial charge in [-0.15, -0.1) is 11.3 Å². The summed E-state index contributed by atoms with van der Waals surface area (Å²) in [4.78, 5) is 20.7. The molecule has 0 radical (unpaired) electrons. The van der Waals surface area contributed by atoms with Crippen LogP contribution >= 0.6 is 11.3 Å². The molecule has 136 valence electrons. The maximum atomic E-state index is 12.4. The minimum Gasteiger partial charge on any atom is -0.353 e. The number of nitrogens with one attached hydrogen (secondary N) is 1. The molecule has 0 bridgehead atoms. The molecule has 1 aliphatic rings. The van der Waals surface area contributed by atoms with Crippen LogP contribution in [0, 0.1) is 0 Å². The maximum absolute atomic E-state index is 12.4. The van der Waals surface area contributed by atoms with Gasteiger partial charge in [0.1, 0.15) is 5.82 Å². The van der Waals surface area contributed by atoms with Crippen molar-refractivity contribution in [3.8, 4) is 0 Å². The van der Waals surface area contributed by atoms with Crippen LogP contribution in [0.5, 0.6) is 0 Å². The number of carbonyl (C=O) groups excluding carboxylic acids is 1. The summed E-state index contributed by atoms with van der Waals surface area (Å²) >= 11 is 1.72. The zero-order chi connectivity index (χ0) is 18.0. The fourth-order valence-electron chi connectivity index (χ4n) is 3.24. The van der Waals surface area contributed by atoms with Crippen molar-refractivity contribution in [3.63, 3.8) is 0 Å². The molecular weight excluding hydrogens is 334 g/mol. The molecule has 2 aromatic rings. The zero-order valence-electron chi connectivity index (χ0n) is 15.5. The summed E-state index contributed by atoms with van der Waals surface area (Å²) in [6, 6.07) is 3.99. The number of piperazine rings is 1. The Bertz CT molecular complexity index is 716. The van der Waals surface area contributed by atoms with Crippen LogP contribution in [0.3, 0.4) is 0 Å².